The molecule has 0 spiro atoms. The fourth-order valence-corrected chi connectivity index (χ4v) is 3.50. The van der Waals surface area contributed by atoms with Gasteiger partial charge in [-0.25, -0.2) is 9.38 Å². The van der Waals surface area contributed by atoms with Gasteiger partial charge in [0.05, 0.1) is 12.8 Å². The van der Waals surface area contributed by atoms with Crippen LogP contribution in [0.2, 0.25) is 0 Å². The smallest absolute Gasteiger partial charge is 0.308 e. The number of hydrogen-bond acceptors (Lipinski definition) is 6. The molecule has 1 aliphatic carbocycles. The van der Waals surface area contributed by atoms with Crippen LogP contribution in [0.25, 0.3) is 0 Å². The zero-order chi connectivity index (χ0) is 18.1. The zero-order valence-corrected chi connectivity index (χ0v) is 14.6. The minimum absolute atomic E-state index is 0.0797. The van der Waals surface area contributed by atoms with E-state index in [1.54, 1.807) is 6.92 Å². The van der Waals surface area contributed by atoms with E-state index in [1.165, 1.54) is 14.0 Å². The second-order valence-electron chi connectivity index (χ2n) is 6.33. The van der Waals surface area contributed by atoms with Gasteiger partial charge in [-0.1, -0.05) is 0 Å². The van der Waals surface area contributed by atoms with Crippen molar-refractivity contribution in [2.24, 2.45) is 10.9 Å². The van der Waals surface area contributed by atoms with E-state index in [9.17, 15) is 14.0 Å². The maximum Gasteiger partial charge on any atom is 0.308 e. The van der Waals surface area contributed by atoms with Crippen LogP contribution in [0, 0.1) is 5.92 Å². The number of hydrogen-bond donors (Lipinski definition) is 1. The fraction of sp³-hybridized carbons (Fsp3) is 0.500. The Bertz CT molecular complexity index is 755. The molecule has 0 unspecified atom stereocenters. The highest BCUT2D eigenvalue weighted by atomic mass is 19.1. The molecule has 0 aromatic heterocycles. The first-order valence-electron chi connectivity index (χ1n) is 8.33. The third-order valence-electron chi connectivity index (χ3n) is 4.66. The van der Waals surface area contributed by atoms with Crippen molar-refractivity contribution in [3.8, 4) is 0 Å². The van der Waals surface area contributed by atoms with E-state index < -0.39 is 11.8 Å². The summed E-state index contributed by atoms with van der Waals surface area (Å²) in [6.07, 6.45) is 1.33. The molecule has 3 rings (SSSR count). The monoisotopic (exact) mass is 348 g/mol. The molecule has 134 valence electrons. The molecular weight excluding hydrogens is 327 g/mol. The van der Waals surface area contributed by atoms with Gasteiger partial charge in [0.25, 0.3) is 0 Å². The molecule has 1 saturated heterocycles. The van der Waals surface area contributed by atoms with Gasteiger partial charge in [0.2, 0.25) is 0 Å². The quantitative estimate of drug-likeness (QED) is 0.789. The number of fused-ring (bicyclic) bond motifs is 1. The van der Waals surface area contributed by atoms with Crippen LogP contribution in [0.5, 0.6) is 0 Å². The highest BCUT2D eigenvalue weighted by Gasteiger charge is 2.38. The lowest BCUT2D eigenvalue weighted by atomic mass is 9.90. The lowest BCUT2D eigenvalue weighted by Crippen LogP contribution is -2.32. The summed E-state index contributed by atoms with van der Waals surface area (Å²) in [5.41, 5.74) is 1.50. The molecule has 7 heteroatoms. The molecule has 1 fully saturated rings. The van der Waals surface area contributed by atoms with Crippen molar-refractivity contribution in [3.05, 3.63) is 34.2 Å². The Morgan fingerprint density at radius 1 is 1.24 bits per heavy atom. The predicted molar refractivity (Wildman–Crippen MR) is 89.3 cm³/mol. The predicted octanol–water partition coefficient (Wildman–Crippen LogP) is 2.33. The van der Waals surface area contributed by atoms with Crippen LogP contribution in [0.15, 0.2) is 39.2 Å². The van der Waals surface area contributed by atoms with Gasteiger partial charge in [-0.2, -0.15) is 0 Å². The normalized spacial score (nSPS) is 21.4. The molecule has 1 N–H and O–H groups in total. The van der Waals surface area contributed by atoms with E-state index in [2.05, 4.69) is 10.3 Å². The highest BCUT2D eigenvalue weighted by Crippen LogP contribution is 2.40. The number of aliphatic imine (C=N–C) groups is 1. The van der Waals surface area contributed by atoms with Gasteiger partial charge in [-0.3, -0.25) is 9.59 Å². The van der Waals surface area contributed by atoms with Crippen molar-refractivity contribution in [2.75, 3.05) is 20.2 Å². The Kier molecular flexibility index (Phi) is 4.85. The summed E-state index contributed by atoms with van der Waals surface area (Å²) in [5, 5.41) is 3.21. The standard InChI is InChI=1S/C18H21FN2O4/c1-9-14-13(8-12(19)17(9)24-3)21-15(18(14)25-10(2)22)16(23)11-4-6-20-7-5-11/h11,20H,4-8H2,1-3H3. The molecule has 0 atom stereocenters. The van der Waals surface area contributed by atoms with Crippen LogP contribution in [-0.4, -0.2) is 37.7 Å². The van der Waals surface area contributed by atoms with E-state index >= 15 is 0 Å². The number of allylic oxidation sites excluding steroid dienone is 4. The lowest BCUT2D eigenvalue weighted by Gasteiger charge is -2.21. The molecule has 0 saturated carbocycles. The molecule has 0 aromatic carbocycles. The number of carbonyl (C=O) groups is 2. The number of rotatable bonds is 4. The van der Waals surface area contributed by atoms with Gasteiger partial charge in [-0.05, 0) is 32.9 Å². The van der Waals surface area contributed by atoms with Crippen LogP contribution in [0.3, 0.4) is 0 Å². The molecule has 0 bridgehead atoms. The Morgan fingerprint density at radius 2 is 1.92 bits per heavy atom. The van der Waals surface area contributed by atoms with Crippen molar-refractivity contribution in [2.45, 2.75) is 33.1 Å². The van der Waals surface area contributed by atoms with Crippen molar-refractivity contribution in [3.63, 3.8) is 0 Å². The summed E-state index contributed by atoms with van der Waals surface area (Å²) in [5.74, 6) is -1.08. The van der Waals surface area contributed by atoms with Gasteiger partial charge in [0, 0.05) is 30.4 Å². The molecule has 2 aliphatic heterocycles. The van der Waals surface area contributed by atoms with E-state index in [1.807, 2.05) is 0 Å². The summed E-state index contributed by atoms with van der Waals surface area (Å²) in [7, 11) is 1.38. The summed E-state index contributed by atoms with van der Waals surface area (Å²) in [6.45, 7) is 4.46. The highest BCUT2D eigenvalue weighted by molar-refractivity contribution is 6.15. The number of esters is 1. The van der Waals surface area contributed by atoms with Crippen molar-refractivity contribution < 1.29 is 23.5 Å². The zero-order valence-electron chi connectivity index (χ0n) is 14.6. The molecule has 0 aromatic rings. The number of carbonyl (C=O) groups excluding carboxylic acids is 2. The van der Waals surface area contributed by atoms with Gasteiger partial charge in [0.1, 0.15) is 11.5 Å². The van der Waals surface area contributed by atoms with E-state index in [0.717, 1.165) is 13.1 Å². The topological polar surface area (TPSA) is 77.0 Å². The molecule has 2 heterocycles. The van der Waals surface area contributed by atoms with Crippen LogP contribution in [-0.2, 0) is 19.1 Å². The minimum Gasteiger partial charge on any atom is -0.494 e. The van der Waals surface area contributed by atoms with Gasteiger partial charge in [0.15, 0.2) is 17.3 Å². The average molecular weight is 348 g/mol. The van der Waals surface area contributed by atoms with Gasteiger partial charge < -0.3 is 14.8 Å². The number of ketones is 1. The van der Waals surface area contributed by atoms with Crippen LogP contribution in [0.1, 0.15) is 33.1 Å². The van der Waals surface area contributed by atoms with Crippen molar-refractivity contribution in [1.29, 1.82) is 0 Å². The molecule has 0 amide bonds. The number of Topliss-reactive ketones (excluding diaryl/α,β-unsaturated/α-hetero) is 1. The molecule has 25 heavy (non-hydrogen) atoms. The third-order valence-corrected chi connectivity index (χ3v) is 4.66. The maximum absolute atomic E-state index is 14.2. The van der Waals surface area contributed by atoms with Gasteiger partial charge >= 0.3 is 5.97 Å². The second kappa shape index (κ2) is 6.92. The Labute approximate surface area is 145 Å². The largest absolute Gasteiger partial charge is 0.494 e. The second-order valence-corrected chi connectivity index (χ2v) is 6.33. The molecule has 3 aliphatic rings. The molecular formula is C18H21FN2O4. The fourth-order valence-electron chi connectivity index (χ4n) is 3.50. The Balaban J connectivity index is 2.06. The Morgan fingerprint density at radius 3 is 2.52 bits per heavy atom. The van der Waals surface area contributed by atoms with Crippen molar-refractivity contribution in [1.82, 2.24) is 5.32 Å². The first kappa shape index (κ1) is 17.5. The number of nitrogens with one attached hydrogen (secondary N) is 1. The number of piperidine rings is 1. The summed E-state index contributed by atoms with van der Waals surface area (Å²) in [6, 6.07) is 0. The molecule has 0 radical (unpaired) electrons. The van der Waals surface area contributed by atoms with Crippen molar-refractivity contribution >= 4 is 17.5 Å². The van der Waals surface area contributed by atoms with E-state index in [4.69, 9.17) is 9.47 Å². The van der Waals surface area contributed by atoms with Crippen LogP contribution >= 0.6 is 0 Å². The number of halogens is 1. The number of ether oxygens (including phenoxy) is 2. The van der Waals surface area contributed by atoms with Crippen LogP contribution < -0.4 is 5.32 Å². The van der Waals surface area contributed by atoms with Gasteiger partial charge in [-0.15, -0.1) is 0 Å². The molecule has 6 nitrogen and oxygen atoms in total. The lowest BCUT2D eigenvalue weighted by molar-refractivity contribution is -0.136. The number of methoxy groups -OCH3 is 1. The SMILES string of the molecule is COC1=C(F)CC2=NC(C(=O)C3CCNCC3)=C(OC(C)=O)C2=C1C. The van der Waals surface area contributed by atoms with Crippen LogP contribution in [0.4, 0.5) is 4.39 Å². The third kappa shape index (κ3) is 3.16. The number of nitrogens with zero attached hydrogens (tertiary/aromatic N) is 1. The van der Waals surface area contributed by atoms with E-state index in [0.29, 0.717) is 29.7 Å². The first-order valence-corrected chi connectivity index (χ1v) is 8.33. The minimum atomic E-state index is -0.545. The Hall–Kier alpha value is -2.28. The summed E-state index contributed by atoms with van der Waals surface area (Å²) in [4.78, 5) is 28.9. The maximum atomic E-state index is 14.2. The average Bonchev–Trinajstić information content (AvgIpc) is 2.93. The summed E-state index contributed by atoms with van der Waals surface area (Å²) < 4.78 is 24.7. The summed E-state index contributed by atoms with van der Waals surface area (Å²) >= 11 is 0. The van der Waals surface area contributed by atoms with E-state index in [-0.39, 0.29) is 35.3 Å². The first-order chi connectivity index (χ1) is 11.9.